The molecule has 0 aliphatic rings. The van der Waals surface area contributed by atoms with E-state index in [1.807, 2.05) is 24.3 Å². The van der Waals surface area contributed by atoms with E-state index in [2.05, 4.69) is 23.4 Å². The Balaban J connectivity index is 2.17. The van der Waals surface area contributed by atoms with Crippen LogP contribution in [0.4, 0.5) is 0 Å². The average molecular weight is 437 g/mol. The Labute approximate surface area is 179 Å². The molecule has 2 aromatic heterocycles. The van der Waals surface area contributed by atoms with E-state index in [-0.39, 0.29) is 19.1 Å². The van der Waals surface area contributed by atoms with Gasteiger partial charge in [0.25, 0.3) is 0 Å². The van der Waals surface area contributed by atoms with E-state index >= 15 is 0 Å². The van der Waals surface area contributed by atoms with Crippen molar-refractivity contribution in [1.29, 1.82) is 0 Å². The largest absolute Gasteiger partial charge is 0.392 e. The molecule has 3 rings (SSSR count). The normalized spacial score (nSPS) is 11.4. The maximum absolute atomic E-state index is 10.1. The van der Waals surface area contributed by atoms with Gasteiger partial charge in [0.1, 0.15) is 0 Å². The molecule has 148 valence electrons. The highest BCUT2D eigenvalue weighted by atomic mass is 35.5. The summed E-state index contributed by atoms with van der Waals surface area (Å²) in [5, 5.41) is 22.2. The highest BCUT2D eigenvalue weighted by Gasteiger charge is 2.24. The summed E-state index contributed by atoms with van der Waals surface area (Å²) in [6.45, 7) is 4.45. The zero-order chi connectivity index (χ0) is 20.3. The number of hydrogen-bond donors (Lipinski definition) is 2. The van der Waals surface area contributed by atoms with Crippen molar-refractivity contribution < 1.29 is 10.2 Å². The van der Waals surface area contributed by atoms with Crippen LogP contribution in [0.5, 0.6) is 0 Å². The SMILES string of the molecule is CC(C)c1c(CO)c(CO)n(Cc2ccncc2)c1Sc1cc(Cl)cc(Cl)c1. The summed E-state index contributed by atoms with van der Waals surface area (Å²) in [4.78, 5) is 4.98. The van der Waals surface area contributed by atoms with Crippen molar-refractivity contribution in [3.63, 3.8) is 0 Å². The Morgan fingerprint density at radius 2 is 1.68 bits per heavy atom. The van der Waals surface area contributed by atoms with Gasteiger partial charge in [-0.1, -0.05) is 48.8 Å². The zero-order valence-corrected chi connectivity index (χ0v) is 18.0. The molecule has 2 heterocycles. The number of aliphatic hydroxyl groups excluding tert-OH is 2. The standard InChI is InChI=1S/C21H22Cl2N2O2S/c1-13(2)20-18(11-26)19(12-27)25(10-14-3-5-24-6-4-14)21(20)28-17-8-15(22)7-16(23)9-17/h3-9,13,26-27H,10-12H2,1-2H3. The third kappa shape index (κ3) is 4.56. The lowest BCUT2D eigenvalue weighted by Gasteiger charge is -2.15. The van der Waals surface area contributed by atoms with Gasteiger partial charge in [0.05, 0.1) is 23.9 Å². The fraction of sp³-hybridized carbons (Fsp3) is 0.286. The number of aromatic nitrogens is 2. The lowest BCUT2D eigenvalue weighted by Crippen LogP contribution is -2.07. The summed E-state index contributed by atoms with van der Waals surface area (Å²) < 4.78 is 2.07. The average Bonchev–Trinajstić information content (AvgIpc) is 2.94. The molecule has 7 heteroatoms. The van der Waals surface area contributed by atoms with E-state index in [1.54, 1.807) is 18.5 Å². The van der Waals surface area contributed by atoms with Gasteiger partial charge in [-0.15, -0.1) is 0 Å². The summed E-state index contributed by atoms with van der Waals surface area (Å²) in [5.74, 6) is 0.170. The fourth-order valence-electron chi connectivity index (χ4n) is 3.32. The molecule has 0 aliphatic carbocycles. The highest BCUT2D eigenvalue weighted by molar-refractivity contribution is 7.99. The van der Waals surface area contributed by atoms with Gasteiger partial charge in [-0.3, -0.25) is 4.98 Å². The Kier molecular flexibility index (Phi) is 7.07. The number of aliphatic hydroxyl groups is 2. The molecule has 0 bridgehead atoms. The van der Waals surface area contributed by atoms with Crippen molar-refractivity contribution in [2.75, 3.05) is 0 Å². The minimum absolute atomic E-state index is 0.128. The van der Waals surface area contributed by atoms with Crippen molar-refractivity contribution in [3.05, 3.63) is 75.2 Å². The summed E-state index contributed by atoms with van der Waals surface area (Å²) in [6, 6.07) is 9.32. The first-order valence-electron chi connectivity index (χ1n) is 8.93. The number of halogens is 2. The van der Waals surface area contributed by atoms with E-state index in [0.29, 0.717) is 16.6 Å². The number of benzene rings is 1. The zero-order valence-electron chi connectivity index (χ0n) is 15.7. The van der Waals surface area contributed by atoms with Gasteiger partial charge in [-0.05, 0) is 47.4 Å². The first-order chi connectivity index (χ1) is 13.4. The Morgan fingerprint density at radius 1 is 1.04 bits per heavy atom. The molecule has 28 heavy (non-hydrogen) atoms. The molecular formula is C21H22Cl2N2O2S. The lowest BCUT2D eigenvalue weighted by atomic mass is 10.0. The van der Waals surface area contributed by atoms with Crippen LogP contribution in [-0.4, -0.2) is 19.8 Å². The fourth-order valence-corrected chi connectivity index (χ4v) is 5.32. The highest BCUT2D eigenvalue weighted by Crippen LogP contribution is 2.41. The van der Waals surface area contributed by atoms with E-state index < -0.39 is 0 Å². The second-order valence-electron chi connectivity index (χ2n) is 6.76. The molecule has 2 N–H and O–H groups in total. The molecule has 0 fully saturated rings. The summed E-state index contributed by atoms with van der Waals surface area (Å²) in [7, 11) is 0. The predicted octanol–water partition coefficient (Wildman–Crippen LogP) is 5.50. The molecule has 0 saturated heterocycles. The third-order valence-electron chi connectivity index (χ3n) is 4.50. The number of nitrogens with zero attached hydrogens (tertiary/aromatic N) is 2. The predicted molar refractivity (Wildman–Crippen MR) is 114 cm³/mol. The van der Waals surface area contributed by atoms with E-state index in [1.165, 1.54) is 11.8 Å². The van der Waals surface area contributed by atoms with Crippen LogP contribution < -0.4 is 0 Å². The minimum atomic E-state index is -0.155. The van der Waals surface area contributed by atoms with Crippen LogP contribution in [-0.2, 0) is 19.8 Å². The molecule has 0 amide bonds. The summed E-state index contributed by atoms with van der Waals surface area (Å²) >= 11 is 13.9. The second-order valence-corrected chi connectivity index (χ2v) is 8.70. The van der Waals surface area contributed by atoms with Gasteiger partial charge in [-0.2, -0.15) is 0 Å². The molecular weight excluding hydrogens is 415 g/mol. The monoisotopic (exact) mass is 436 g/mol. The second kappa shape index (κ2) is 9.33. The summed E-state index contributed by atoms with van der Waals surface area (Å²) in [6.07, 6.45) is 3.49. The third-order valence-corrected chi connectivity index (χ3v) is 6.04. The van der Waals surface area contributed by atoms with Crippen LogP contribution in [0.15, 0.2) is 52.6 Å². The van der Waals surface area contributed by atoms with Crippen molar-refractivity contribution in [3.8, 4) is 0 Å². The van der Waals surface area contributed by atoms with Crippen LogP contribution in [0.25, 0.3) is 0 Å². The van der Waals surface area contributed by atoms with Crippen LogP contribution in [0.3, 0.4) is 0 Å². The first kappa shape index (κ1) is 21.2. The van der Waals surface area contributed by atoms with Gasteiger partial charge >= 0.3 is 0 Å². The molecule has 4 nitrogen and oxygen atoms in total. The number of rotatable bonds is 7. The van der Waals surface area contributed by atoms with Crippen LogP contribution in [0.1, 0.15) is 42.1 Å². The Hall–Kier alpha value is -1.50. The molecule has 0 unspecified atom stereocenters. The first-order valence-corrected chi connectivity index (χ1v) is 10.5. The molecule has 0 saturated carbocycles. The van der Waals surface area contributed by atoms with Gasteiger partial charge in [-0.25, -0.2) is 0 Å². The minimum Gasteiger partial charge on any atom is -0.392 e. The van der Waals surface area contributed by atoms with Gasteiger partial charge in [0.15, 0.2) is 0 Å². The van der Waals surface area contributed by atoms with Gasteiger partial charge in [0.2, 0.25) is 0 Å². The molecule has 3 aromatic rings. The van der Waals surface area contributed by atoms with Crippen molar-refractivity contribution >= 4 is 35.0 Å². The Bertz CT molecular complexity index is 939. The van der Waals surface area contributed by atoms with Gasteiger partial charge in [0, 0.05) is 39.4 Å². The molecule has 1 aromatic carbocycles. The van der Waals surface area contributed by atoms with Crippen LogP contribution in [0, 0.1) is 0 Å². The van der Waals surface area contributed by atoms with Crippen molar-refractivity contribution in [2.24, 2.45) is 0 Å². The summed E-state index contributed by atoms with van der Waals surface area (Å²) in [5.41, 5.74) is 3.59. The number of pyridine rings is 1. The smallest absolute Gasteiger partial charge is 0.0841 e. The molecule has 0 aliphatic heterocycles. The maximum Gasteiger partial charge on any atom is 0.0841 e. The topological polar surface area (TPSA) is 58.3 Å². The lowest BCUT2D eigenvalue weighted by molar-refractivity contribution is 0.252. The molecule has 0 radical (unpaired) electrons. The van der Waals surface area contributed by atoms with Gasteiger partial charge < -0.3 is 14.8 Å². The van der Waals surface area contributed by atoms with E-state index in [4.69, 9.17) is 23.2 Å². The van der Waals surface area contributed by atoms with E-state index in [0.717, 1.165) is 32.3 Å². The van der Waals surface area contributed by atoms with E-state index in [9.17, 15) is 10.2 Å². The molecule has 0 spiro atoms. The van der Waals surface area contributed by atoms with Crippen molar-refractivity contribution in [1.82, 2.24) is 9.55 Å². The quantitative estimate of drug-likeness (QED) is 0.513. The van der Waals surface area contributed by atoms with Crippen LogP contribution in [0.2, 0.25) is 10.0 Å². The Morgan fingerprint density at radius 3 is 2.21 bits per heavy atom. The van der Waals surface area contributed by atoms with Crippen molar-refractivity contribution in [2.45, 2.75) is 49.4 Å². The molecule has 0 atom stereocenters. The number of hydrogen-bond acceptors (Lipinski definition) is 4. The van der Waals surface area contributed by atoms with Crippen LogP contribution >= 0.6 is 35.0 Å². The maximum atomic E-state index is 10.1.